The van der Waals surface area contributed by atoms with E-state index in [4.69, 9.17) is 0 Å². The van der Waals surface area contributed by atoms with Crippen LogP contribution in [0.25, 0.3) is 16.9 Å². The van der Waals surface area contributed by atoms with Gasteiger partial charge in [0.1, 0.15) is 11.6 Å². The van der Waals surface area contributed by atoms with Crippen LogP contribution in [0.3, 0.4) is 0 Å². The summed E-state index contributed by atoms with van der Waals surface area (Å²) in [7, 11) is 0. The molecule has 0 spiro atoms. The lowest BCUT2D eigenvalue weighted by molar-refractivity contribution is 0.102. The molecule has 5 nitrogen and oxygen atoms in total. The molecule has 7 heteroatoms. The van der Waals surface area contributed by atoms with Crippen molar-refractivity contribution in [2.75, 3.05) is 5.32 Å². The van der Waals surface area contributed by atoms with Crippen LogP contribution in [-0.4, -0.2) is 20.5 Å². The highest BCUT2D eigenvalue weighted by Crippen LogP contribution is 2.21. The van der Waals surface area contributed by atoms with Gasteiger partial charge in [-0.1, -0.05) is 0 Å². The summed E-state index contributed by atoms with van der Waals surface area (Å²) in [4.78, 5) is 16.8. The first-order valence-electron chi connectivity index (χ1n) is 8.19. The number of nitrogens with zero attached hydrogens (tertiary/aromatic N) is 3. The summed E-state index contributed by atoms with van der Waals surface area (Å²) in [5.41, 5.74) is 3.19. The number of aromatic nitrogens is 3. The van der Waals surface area contributed by atoms with Crippen molar-refractivity contribution in [3.63, 3.8) is 0 Å². The zero-order chi connectivity index (χ0) is 19.0. The summed E-state index contributed by atoms with van der Waals surface area (Å²) >= 11 is 0. The van der Waals surface area contributed by atoms with Crippen molar-refractivity contribution in [2.24, 2.45) is 0 Å². The van der Waals surface area contributed by atoms with Crippen molar-refractivity contribution in [3.05, 3.63) is 83.7 Å². The molecule has 0 aliphatic heterocycles. The summed E-state index contributed by atoms with van der Waals surface area (Å²) in [5.74, 6) is -1.13. The van der Waals surface area contributed by atoms with E-state index in [1.165, 1.54) is 34.8 Å². The van der Waals surface area contributed by atoms with Crippen LogP contribution >= 0.6 is 0 Å². The zero-order valence-corrected chi connectivity index (χ0v) is 14.3. The van der Waals surface area contributed by atoms with Crippen molar-refractivity contribution < 1.29 is 13.6 Å². The smallest absolute Gasteiger partial charge is 0.276 e. The maximum atomic E-state index is 13.2. The van der Waals surface area contributed by atoms with Gasteiger partial charge in [0.25, 0.3) is 5.91 Å². The zero-order valence-electron chi connectivity index (χ0n) is 14.3. The largest absolute Gasteiger partial charge is 0.320 e. The Balaban J connectivity index is 1.70. The first-order chi connectivity index (χ1) is 13.0. The van der Waals surface area contributed by atoms with Crippen LogP contribution < -0.4 is 5.32 Å². The van der Waals surface area contributed by atoms with E-state index in [9.17, 15) is 13.6 Å². The standard InChI is InChI=1S/C20H14F2N4O/c1-12-10-15(22)6-7-16(12)24-20(27)17-11-19-23-9-8-18(26(19)25-17)13-2-4-14(21)5-3-13/h2-11H,1H3,(H,24,27). The Kier molecular flexibility index (Phi) is 4.12. The monoisotopic (exact) mass is 364 g/mol. The number of anilines is 1. The number of fused-ring (bicyclic) bond motifs is 1. The second kappa shape index (κ2) is 6.60. The minimum Gasteiger partial charge on any atom is -0.320 e. The van der Waals surface area contributed by atoms with Gasteiger partial charge in [-0.3, -0.25) is 4.79 Å². The molecule has 0 aliphatic carbocycles. The molecule has 0 bridgehead atoms. The van der Waals surface area contributed by atoms with Gasteiger partial charge in [-0.25, -0.2) is 18.3 Å². The van der Waals surface area contributed by atoms with Gasteiger partial charge >= 0.3 is 0 Å². The number of aryl methyl sites for hydroxylation is 1. The topological polar surface area (TPSA) is 59.3 Å². The van der Waals surface area contributed by atoms with Crippen LogP contribution in [0.4, 0.5) is 14.5 Å². The van der Waals surface area contributed by atoms with E-state index < -0.39 is 5.91 Å². The highest BCUT2D eigenvalue weighted by atomic mass is 19.1. The normalized spacial score (nSPS) is 10.9. The number of amides is 1. The Labute approximate surface area is 153 Å². The molecule has 4 aromatic rings. The third-order valence-electron chi connectivity index (χ3n) is 4.17. The van der Waals surface area contributed by atoms with Crippen molar-refractivity contribution in [1.29, 1.82) is 0 Å². The van der Waals surface area contributed by atoms with Crippen LogP contribution in [0.15, 0.2) is 60.8 Å². The summed E-state index contributed by atoms with van der Waals surface area (Å²) in [6.45, 7) is 1.70. The number of rotatable bonds is 3. The molecule has 0 atom stereocenters. The van der Waals surface area contributed by atoms with E-state index in [1.54, 1.807) is 37.4 Å². The minimum absolute atomic E-state index is 0.167. The van der Waals surface area contributed by atoms with Gasteiger partial charge in [-0.05, 0) is 61.0 Å². The summed E-state index contributed by atoms with van der Waals surface area (Å²) in [6.07, 6.45) is 1.60. The highest BCUT2D eigenvalue weighted by Gasteiger charge is 2.15. The second-order valence-corrected chi connectivity index (χ2v) is 6.05. The molecule has 2 heterocycles. The van der Waals surface area contributed by atoms with Crippen LogP contribution in [-0.2, 0) is 0 Å². The Hall–Kier alpha value is -3.61. The molecule has 0 saturated heterocycles. The SMILES string of the molecule is Cc1cc(F)ccc1NC(=O)c1cc2nccc(-c3ccc(F)cc3)n2n1. The van der Waals surface area contributed by atoms with Crippen LogP contribution in [0.1, 0.15) is 16.1 Å². The predicted octanol–water partition coefficient (Wildman–Crippen LogP) is 4.24. The van der Waals surface area contributed by atoms with Gasteiger partial charge < -0.3 is 5.32 Å². The Bertz CT molecular complexity index is 1150. The molecular weight excluding hydrogens is 350 g/mol. The number of hydrogen-bond acceptors (Lipinski definition) is 3. The molecule has 27 heavy (non-hydrogen) atoms. The quantitative estimate of drug-likeness (QED) is 0.592. The van der Waals surface area contributed by atoms with Crippen molar-refractivity contribution in [2.45, 2.75) is 6.92 Å². The summed E-state index contributed by atoms with van der Waals surface area (Å²) < 4.78 is 27.9. The van der Waals surface area contributed by atoms with Crippen LogP contribution in [0.2, 0.25) is 0 Å². The van der Waals surface area contributed by atoms with E-state index in [0.29, 0.717) is 22.6 Å². The number of nitrogens with one attached hydrogen (secondary N) is 1. The molecule has 0 unspecified atom stereocenters. The molecule has 1 N–H and O–H groups in total. The fourth-order valence-corrected chi connectivity index (χ4v) is 2.80. The molecule has 134 valence electrons. The first kappa shape index (κ1) is 16.8. The van der Waals surface area contributed by atoms with Gasteiger partial charge in [-0.2, -0.15) is 5.10 Å². The van der Waals surface area contributed by atoms with Gasteiger partial charge in [-0.15, -0.1) is 0 Å². The molecule has 2 aromatic heterocycles. The fraction of sp³-hybridized carbons (Fsp3) is 0.0500. The van der Waals surface area contributed by atoms with Gasteiger partial charge in [0.15, 0.2) is 11.3 Å². The third kappa shape index (κ3) is 3.27. The Morgan fingerprint density at radius 1 is 1.00 bits per heavy atom. The van der Waals surface area contributed by atoms with Crippen molar-refractivity contribution >= 4 is 17.2 Å². The van der Waals surface area contributed by atoms with Crippen LogP contribution in [0, 0.1) is 18.6 Å². The van der Waals surface area contributed by atoms with E-state index in [1.807, 2.05) is 0 Å². The Morgan fingerprint density at radius 2 is 1.74 bits per heavy atom. The molecular formula is C20H14F2N4O. The van der Waals surface area contributed by atoms with E-state index in [-0.39, 0.29) is 17.3 Å². The number of carbonyl (C=O) groups is 1. The summed E-state index contributed by atoms with van der Waals surface area (Å²) in [5, 5.41) is 7.05. The first-order valence-corrected chi connectivity index (χ1v) is 8.19. The Morgan fingerprint density at radius 3 is 2.48 bits per heavy atom. The molecule has 0 fully saturated rings. The predicted molar refractivity (Wildman–Crippen MR) is 97.5 cm³/mol. The number of halogens is 2. The molecule has 0 aliphatic rings. The maximum Gasteiger partial charge on any atom is 0.276 e. The average Bonchev–Trinajstić information content (AvgIpc) is 3.09. The van der Waals surface area contributed by atoms with Gasteiger partial charge in [0, 0.05) is 23.5 Å². The highest BCUT2D eigenvalue weighted by molar-refractivity contribution is 6.03. The fourth-order valence-electron chi connectivity index (χ4n) is 2.80. The molecule has 4 rings (SSSR count). The summed E-state index contributed by atoms with van der Waals surface area (Å²) in [6, 6.07) is 13.4. The lowest BCUT2D eigenvalue weighted by Crippen LogP contribution is -2.13. The van der Waals surface area contributed by atoms with E-state index >= 15 is 0 Å². The minimum atomic E-state index is -0.430. The molecule has 0 saturated carbocycles. The number of carbonyl (C=O) groups excluding carboxylic acids is 1. The number of benzene rings is 2. The molecule has 1 amide bonds. The van der Waals surface area contributed by atoms with E-state index in [0.717, 1.165) is 5.56 Å². The lowest BCUT2D eigenvalue weighted by Gasteiger charge is -2.06. The van der Waals surface area contributed by atoms with E-state index in [2.05, 4.69) is 15.4 Å². The molecule has 0 radical (unpaired) electrons. The molecule has 2 aromatic carbocycles. The maximum absolute atomic E-state index is 13.2. The van der Waals surface area contributed by atoms with Gasteiger partial charge in [0.2, 0.25) is 0 Å². The lowest BCUT2D eigenvalue weighted by atomic mass is 10.1. The number of hydrogen-bond donors (Lipinski definition) is 1. The second-order valence-electron chi connectivity index (χ2n) is 6.05. The van der Waals surface area contributed by atoms with Crippen LogP contribution in [0.5, 0.6) is 0 Å². The van der Waals surface area contributed by atoms with Gasteiger partial charge in [0.05, 0.1) is 5.69 Å². The van der Waals surface area contributed by atoms with Crippen molar-refractivity contribution in [1.82, 2.24) is 14.6 Å². The average molecular weight is 364 g/mol. The van der Waals surface area contributed by atoms with Crippen molar-refractivity contribution in [3.8, 4) is 11.3 Å². The third-order valence-corrected chi connectivity index (χ3v) is 4.17.